The first-order valence-corrected chi connectivity index (χ1v) is 15.3. The van der Waals surface area contributed by atoms with Gasteiger partial charge in [-0.25, -0.2) is 13.6 Å². The van der Waals surface area contributed by atoms with Crippen molar-refractivity contribution in [2.45, 2.75) is 32.2 Å². The number of ether oxygens (including phenoxy) is 2. The normalized spacial score (nSPS) is 14.2. The molecule has 1 atom stereocenters. The predicted molar refractivity (Wildman–Crippen MR) is 175 cm³/mol. The quantitative estimate of drug-likeness (QED) is 0.143. The van der Waals surface area contributed by atoms with Gasteiger partial charge in [-0.3, -0.25) is 24.7 Å². The average molecular weight is 723 g/mol. The van der Waals surface area contributed by atoms with Gasteiger partial charge in [-0.05, 0) is 72.6 Å². The van der Waals surface area contributed by atoms with Gasteiger partial charge >= 0.3 is 12.1 Å². The van der Waals surface area contributed by atoms with Crippen LogP contribution in [-0.4, -0.2) is 55.7 Å². The van der Waals surface area contributed by atoms with E-state index < -0.39 is 42.4 Å². The maximum atomic E-state index is 14.3. The molecular weight excluding hydrogens is 695 g/mol. The number of amides is 2. The van der Waals surface area contributed by atoms with Crippen molar-refractivity contribution in [3.63, 3.8) is 0 Å². The molecule has 1 unspecified atom stereocenters. The number of carbonyl (C=O) groups is 2. The lowest BCUT2D eigenvalue weighted by atomic mass is 9.95. The first-order valence-electron chi connectivity index (χ1n) is 15.3. The number of hydrogen-bond acceptors (Lipinski definition) is 8. The molecule has 2 amide bonds. The molecule has 0 aliphatic carbocycles. The number of para-hydroxylation sites is 1. The van der Waals surface area contributed by atoms with E-state index in [0.717, 1.165) is 11.0 Å². The Hall–Kier alpha value is -6.52. The van der Waals surface area contributed by atoms with Crippen LogP contribution in [0.25, 0.3) is 22.4 Å². The summed E-state index contributed by atoms with van der Waals surface area (Å²) in [6.45, 7) is 1.26. The summed E-state index contributed by atoms with van der Waals surface area (Å²) < 4.78 is 81.5. The summed E-state index contributed by atoms with van der Waals surface area (Å²) in [7, 11) is 0. The lowest BCUT2D eigenvalue weighted by Gasteiger charge is -2.28. The Bertz CT molecular complexity index is 2310. The van der Waals surface area contributed by atoms with Crippen molar-refractivity contribution >= 4 is 22.9 Å². The molecule has 3 aromatic carbocycles. The number of rotatable bonds is 8. The summed E-state index contributed by atoms with van der Waals surface area (Å²) in [6, 6.07) is 17.2. The molecular formula is C35H27F5N6O6. The van der Waals surface area contributed by atoms with Crippen molar-refractivity contribution in [2.75, 3.05) is 6.54 Å². The van der Waals surface area contributed by atoms with Crippen molar-refractivity contribution in [1.29, 1.82) is 0 Å². The number of oxazole rings is 1. The van der Waals surface area contributed by atoms with Gasteiger partial charge in [-0.15, -0.1) is 13.2 Å². The summed E-state index contributed by atoms with van der Waals surface area (Å²) in [6.07, 6.45) is -1.78. The Kier molecular flexibility index (Phi) is 9.27. The first kappa shape index (κ1) is 35.3. The van der Waals surface area contributed by atoms with Gasteiger partial charge in [-0.1, -0.05) is 18.2 Å². The molecule has 0 radical (unpaired) electrons. The Balaban J connectivity index is 0.000000451. The van der Waals surface area contributed by atoms with Crippen LogP contribution < -0.4 is 21.0 Å². The minimum absolute atomic E-state index is 0.0242. The SMILES string of the molecule is Cc1cc(Oc2ccc(C3c4c(-c5cccc6[nH]c(=O)oc56)n[nH]c4C(=O)N3CC(C)(F)F)cc2)ccc1OC(F)(F)F.NC(=O)c1ccncc1. The van der Waals surface area contributed by atoms with Gasteiger partial charge in [-0.2, -0.15) is 5.10 Å². The fraction of sp³-hybridized carbons (Fsp3) is 0.171. The summed E-state index contributed by atoms with van der Waals surface area (Å²) >= 11 is 0. The Morgan fingerprint density at radius 3 is 2.29 bits per heavy atom. The third kappa shape index (κ3) is 7.62. The van der Waals surface area contributed by atoms with E-state index in [2.05, 4.69) is 24.9 Å². The van der Waals surface area contributed by atoms with Crippen molar-refractivity contribution < 1.29 is 45.4 Å². The van der Waals surface area contributed by atoms with Gasteiger partial charge in [0.1, 0.15) is 28.6 Å². The van der Waals surface area contributed by atoms with Crippen LogP contribution in [0.15, 0.2) is 94.4 Å². The molecule has 0 spiro atoms. The number of aromatic amines is 2. The van der Waals surface area contributed by atoms with Gasteiger partial charge in [0.25, 0.3) is 11.8 Å². The molecule has 12 nitrogen and oxygen atoms in total. The standard InChI is InChI=1S/C29H21F5N4O5.C6H6N2O/c1-14-12-17(10-11-20(14)43-29(32,33)34)41-16-8-6-15(7-9-16)24-21-22(18-4-3-5-19-25(18)42-27(40)35-19)36-37-23(21)26(39)38(24)13-28(2,30)31;7-6(9)5-1-3-8-4-2-5/h3-12,24H,13H2,1-2H3,(H,35,40)(H,36,37);1-4H,(H2,7,9). The van der Waals surface area contributed by atoms with E-state index in [1.165, 1.54) is 31.5 Å². The number of carbonyl (C=O) groups excluding carboxylic acids is 2. The van der Waals surface area contributed by atoms with E-state index in [4.69, 9.17) is 14.9 Å². The molecule has 0 fully saturated rings. The summed E-state index contributed by atoms with van der Waals surface area (Å²) in [5.41, 5.74) is 7.66. The lowest BCUT2D eigenvalue weighted by Crippen LogP contribution is -2.38. The molecule has 1 aliphatic rings. The van der Waals surface area contributed by atoms with Crippen LogP contribution in [0.5, 0.6) is 17.2 Å². The number of nitrogens with two attached hydrogens (primary N) is 1. The van der Waals surface area contributed by atoms with E-state index in [9.17, 15) is 36.3 Å². The zero-order chi connectivity index (χ0) is 37.4. The number of H-pyrrole nitrogens is 2. The number of nitrogens with one attached hydrogen (secondary N) is 2. The van der Waals surface area contributed by atoms with Crippen molar-refractivity contribution in [3.05, 3.63) is 124 Å². The highest BCUT2D eigenvalue weighted by Gasteiger charge is 2.45. The number of fused-ring (bicyclic) bond motifs is 2. The minimum atomic E-state index is -4.84. The number of nitrogens with zero attached hydrogens (tertiary/aromatic N) is 3. The number of aromatic nitrogens is 4. The van der Waals surface area contributed by atoms with Crippen LogP contribution in [0.3, 0.4) is 0 Å². The van der Waals surface area contributed by atoms with Crippen LogP contribution in [0, 0.1) is 6.92 Å². The molecule has 0 bridgehead atoms. The van der Waals surface area contributed by atoms with Gasteiger partial charge in [0.15, 0.2) is 5.58 Å². The number of aryl methyl sites for hydroxylation is 1. The molecule has 3 aromatic heterocycles. The topological polar surface area (TPSA) is 169 Å². The maximum absolute atomic E-state index is 14.3. The second-order valence-corrected chi connectivity index (χ2v) is 11.7. The van der Waals surface area contributed by atoms with E-state index >= 15 is 0 Å². The number of benzene rings is 3. The highest BCUT2D eigenvalue weighted by molar-refractivity contribution is 6.02. The van der Waals surface area contributed by atoms with E-state index in [0.29, 0.717) is 40.4 Å². The largest absolute Gasteiger partial charge is 0.573 e. The van der Waals surface area contributed by atoms with Crippen molar-refractivity contribution in [2.24, 2.45) is 5.73 Å². The van der Waals surface area contributed by atoms with Gasteiger partial charge in [0.2, 0.25) is 5.91 Å². The summed E-state index contributed by atoms with van der Waals surface area (Å²) in [4.78, 5) is 43.0. The van der Waals surface area contributed by atoms with Crippen LogP contribution >= 0.6 is 0 Å². The first-order chi connectivity index (χ1) is 24.6. The zero-order valence-electron chi connectivity index (χ0n) is 27.1. The molecule has 17 heteroatoms. The summed E-state index contributed by atoms with van der Waals surface area (Å²) in [5, 5.41) is 6.96. The fourth-order valence-electron chi connectivity index (χ4n) is 5.67. The molecule has 4 heterocycles. The Labute approximate surface area is 290 Å². The number of alkyl halides is 5. The number of hydrogen-bond donors (Lipinski definition) is 3. The smallest absolute Gasteiger partial charge is 0.457 e. The number of pyridine rings is 1. The molecule has 268 valence electrons. The maximum Gasteiger partial charge on any atom is 0.573 e. The molecule has 7 rings (SSSR count). The molecule has 1 aliphatic heterocycles. The van der Waals surface area contributed by atoms with Gasteiger partial charge < -0.3 is 24.5 Å². The zero-order valence-corrected chi connectivity index (χ0v) is 27.1. The van der Waals surface area contributed by atoms with E-state index in [1.807, 2.05) is 0 Å². The van der Waals surface area contributed by atoms with E-state index in [1.54, 1.807) is 54.6 Å². The fourth-order valence-corrected chi connectivity index (χ4v) is 5.67. The van der Waals surface area contributed by atoms with E-state index in [-0.39, 0.29) is 34.0 Å². The second-order valence-electron chi connectivity index (χ2n) is 11.7. The molecule has 52 heavy (non-hydrogen) atoms. The third-order valence-electron chi connectivity index (χ3n) is 7.78. The van der Waals surface area contributed by atoms with Crippen molar-refractivity contribution in [3.8, 4) is 28.5 Å². The van der Waals surface area contributed by atoms with Crippen LogP contribution in [0.1, 0.15) is 50.5 Å². The Morgan fingerprint density at radius 2 is 1.67 bits per heavy atom. The molecule has 4 N–H and O–H groups in total. The Morgan fingerprint density at radius 1 is 0.981 bits per heavy atom. The van der Waals surface area contributed by atoms with Gasteiger partial charge in [0, 0.05) is 36.0 Å². The molecule has 6 aromatic rings. The minimum Gasteiger partial charge on any atom is -0.457 e. The van der Waals surface area contributed by atoms with Crippen molar-refractivity contribution in [1.82, 2.24) is 25.1 Å². The highest BCUT2D eigenvalue weighted by Crippen LogP contribution is 2.45. The van der Waals surface area contributed by atoms with Crippen LogP contribution in [0.4, 0.5) is 22.0 Å². The predicted octanol–water partition coefficient (Wildman–Crippen LogP) is 6.89. The van der Waals surface area contributed by atoms with Gasteiger partial charge in [0.05, 0.1) is 18.1 Å². The molecule has 0 saturated heterocycles. The second kappa shape index (κ2) is 13.7. The number of halogens is 5. The van der Waals surface area contributed by atoms with Crippen LogP contribution in [0.2, 0.25) is 0 Å². The number of primary amides is 1. The third-order valence-corrected chi connectivity index (χ3v) is 7.78. The average Bonchev–Trinajstić information content (AvgIpc) is 3.75. The summed E-state index contributed by atoms with van der Waals surface area (Å²) in [5.74, 6) is -4.84. The highest BCUT2D eigenvalue weighted by atomic mass is 19.4. The van der Waals surface area contributed by atoms with Crippen LogP contribution in [-0.2, 0) is 0 Å². The lowest BCUT2D eigenvalue weighted by molar-refractivity contribution is -0.274. The monoisotopic (exact) mass is 722 g/mol. The molecule has 0 saturated carbocycles.